The van der Waals surface area contributed by atoms with Gasteiger partial charge in [-0.1, -0.05) is 30.3 Å². The molecule has 6 heteroatoms. The number of ether oxygens (including phenoxy) is 2. The number of nitrogens with one attached hydrogen (secondary N) is 1. The van der Waals surface area contributed by atoms with Crippen molar-refractivity contribution in [3.63, 3.8) is 0 Å². The summed E-state index contributed by atoms with van der Waals surface area (Å²) in [6.07, 6.45) is 0.948. The lowest BCUT2D eigenvalue weighted by Gasteiger charge is -2.33. The summed E-state index contributed by atoms with van der Waals surface area (Å²) in [6, 6.07) is 10.9. The molecule has 3 rings (SSSR count). The van der Waals surface area contributed by atoms with Crippen LogP contribution in [0.4, 0.5) is 4.79 Å². The Morgan fingerprint density at radius 2 is 2.08 bits per heavy atom. The molecule has 2 heterocycles. The zero-order valence-electron chi connectivity index (χ0n) is 15.9. The van der Waals surface area contributed by atoms with Crippen LogP contribution in [0.2, 0.25) is 0 Å². The van der Waals surface area contributed by atoms with Gasteiger partial charge in [0.1, 0.15) is 6.61 Å². The minimum absolute atomic E-state index is 0.0288. The summed E-state index contributed by atoms with van der Waals surface area (Å²) in [6.45, 7) is 9.56. The number of hydrogen-bond acceptors (Lipinski definition) is 5. The first kappa shape index (κ1) is 19.1. The first-order valence-electron chi connectivity index (χ1n) is 9.66. The van der Waals surface area contributed by atoms with E-state index in [1.54, 1.807) is 4.90 Å². The van der Waals surface area contributed by atoms with Gasteiger partial charge in [0, 0.05) is 31.7 Å². The number of benzene rings is 1. The number of morpholine rings is 1. The van der Waals surface area contributed by atoms with Gasteiger partial charge in [0.15, 0.2) is 0 Å². The summed E-state index contributed by atoms with van der Waals surface area (Å²) in [4.78, 5) is 16.6. The SMILES string of the molecule is CC(C)N1CCC(NCC2CN(C(=O)OCc3ccccc3)CCO2)C1. The van der Waals surface area contributed by atoms with Gasteiger partial charge in [0.2, 0.25) is 0 Å². The molecule has 144 valence electrons. The van der Waals surface area contributed by atoms with Crippen LogP contribution in [0.15, 0.2) is 30.3 Å². The van der Waals surface area contributed by atoms with Gasteiger partial charge in [-0.2, -0.15) is 0 Å². The maximum absolute atomic E-state index is 12.3. The molecule has 2 unspecified atom stereocenters. The molecular formula is C20H31N3O3. The van der Waals surface area contributed by atoms with E-state index in [1.807, 2.05) is 30.3 Å². The predicted octanol–water partition coefficient (Wildman–Crippen LogP) is 2.10. The van der Waals surface area contributed by atoms with Crippen molar-refractivity contribution in [3.05, 3.63) is 35.9 Å². The number of rotatable bonds is 6. The predicted molar refractivity (Wildman–Crippen MR) is 101 cm³/mol. The molecule has 0 saturated carbocycles. The lowest BCUT2D eigenvalue weighted by molar-refractivity contribution is -0.0279. The van der Waals surface area contributed by atoms with E-state index >= 15 is 0 Å². The molecule has 1 N–H and O–H groups in total. The molecule has 0 bridgehead atoms. The molecule has 0 radical (unpaired) electrons. The Morgan fingerprint density at radius 3 is 2.81 bits per heavy atom. The van der Waals surface area contributed by atoms with Crippen molar-refractivity contribution in [1.29, 1.82) is 0 Å². The van der Waals surface area contributed by atoms with Gasteiger partial charge in [-0.3, -0.25) is 4.90 Å². The minimum atomic E-state index is -0.256. The average Bonchev–Trinajstić information content (AvgIpc) is 3.15. The largest absolute Gasteiger partial charge is 0.445 e. The van der Waals surface area contributed by atoms with Crippen LogP contribution in [0.3, 0.4) is 0 Å². The van der Waals surface area contributed by atoms with Crippen molar-refractivity contribution in [2.75, 3.05) is 39.3 Å². The third-order valence-corrected chi connectivity index (χ3v) is 5.19. The van der Waals surface area contributed by atoms with Crippen molar-refractivity contribution in [2.45, 2.75) is 45.1 Å². The monoisotopic (exact) mass is 361 g/mol. The average molecular weight is 361 g/mol. The molecule has 2 aliphatic heterocycles. The molecule has 1 amide bonds. The van der Waals surface area contributed by atoms with Crippen molar-refractivity contribution in [2.24, 2.45) is 0 Å². The van der Waals surface area contributed by atoms with Crippen LogP contribution in [0.1, 0.15) is 25.8 Å². The Labute approximate surface area is 156 Å². The van der Waals surface area contributed by atoms with E-state index in [2.05, 4.69) is 24.1 Å². The summed E-state index contributed by atoms with van der Waals surface area (Å²) < 4.78 is 11.3. The molecule has 0 aliphatic carbocycles. The fourth-order valence-electron chi connectivity index (χ4n) is 3.54. The van der Waals surface area contributed by atoms with E-state index in [0.717, 1.165) is 25.2 Å². The smallest absolute Gasteiger partial charge is 0.410 e. The Bertz CT molecular complexity index is 567. The summed E-state index contributed by atoms with van der Waals surface area (Å²) in [5.74, 6) is 0. The van der Waals surface area contributed by atoms with Gasteiger partial charge < -0.3 is 19.7 Å². The number of amides is 1. The van der Waals surface area contributed by atoms with Gasteiger partial charge in [0.25, 0.3) is 0 Å². The van der Waals surface area contributed by atoms with E-state index in [9.17, 15) is 4.79 Å². The van der Waals surface area contributed by atoms with Crippen molar-refractivity contribution < 1.29 is 14.3 Å². The number of hydrogen-bond donors (Lipinski definition) is 1. The highest BCUT2D eigenvalue weighted by Gasteiger charge is 2.28. The lowest BCUT2D eigenvalue weighted by atomic mass is 10.2. The van der Waals surface area contributed by atoms with Gasteiger partial charge in [-0.05, 0) is 32.4 Å². The normalized spacial score (nSPS) is 24.2. The molecule has 0 spiro atoms. The first-order valence-corrected chi connectivity index (χ1v) is 9.66. The lowest BCUT2D eigenvalue weighted by Crippen LogP contribution is -2.50. The van der Waals surface area contributed by atoms with Crippen molar-refractivity contribution >= 4 is 6.09 Å². The molecule has 1 aromatic carbocycles. The van der Waals surface area contributed by atoms with Crippen LogP contribution in [-0.4, -0.2) is 73.4 Å². The van der Waals surface area contributed by atoms with Crippen LogP contribution in [0.5, 0.6) is 0 Å². The maximum atomic E-state index is 12.3. The van der Waals surface area contributed by atoms with Crippen LogP contribution in [0.25, 0.3) is 0 Å². The molecule has 0 aromatic heterocycles. The van der Waals surface area contributed by atoms with E-state index in [-0.39, 0.29) is 12.2 Å². The maximum Gasteiger partial charge on any atom is 0.410 e. The number of nitrogens with zero attached hydrogens (tertiary/aromatic N) is 2. The highest BCUT2D eigenvalue weighted by atomic mass is 16.6. The Hall–Kier alpha value is -1.63. The fraction of sp³-hybridized carbons (Fsp3) is 0.650. The molecule has 2 aliphatic rings. The van der Waals surface area contributed by atoms with E-state index in [0.29, 0.717) is 38.4 Å². The van der Waals surface area contributed by atoms with Crippen molar-refractivity contribution in [3.8, 4) is 0 Å². The molecular weight excluding hydrogens is 330 g/mol. The van der Waals surface area contributed by atoms with Crippen LogP contribution < -0.4 is 5.32 Å². The number of carbonyl (C=O) groups is 1. The zero-order chi connectivity index (χ0) is 18.4. The summed E-state index contributed by atoms with van der Waals surface area (Å²) in [5, 5.41) is 3.61. The molecule has 2 fully saturated rings. The quantitative estimate of drug-likeness (QED) is 0.841. The van der Waals surface area contributed by atoms with Gasteiger partial charge in [-0.15, -0.1) is 0 Å². The zero-order valence-corrected chi connectivity index (χ0v) is 15.9. The second-order valence-corrected chi connectivity index (χ2v) is 7.46. The first-order chi connectivity index (χ1) is 12.6. The van der Waals surface area contributed by atoms with Gasteiger partial charge in [0.05, 0.1) is 19.3 Å². The Balaban J connectivity index is 1.39. The molecule has 6 nitrogen and oxygen atoms in total. The van der Waals surface area contributed by atoms with Crippen LogP contribution in [-0.2, 0) is 16.1 Å². The second kappa shape index (κ2) is 9.35. The van der Waals surface area contributed by atoms with Gasteiger partial charge in [-0.25, -0.2) is 4.79 Å². The summed E-state index contributed by atoms with van der Waals surface area (Å²) >= 11 is 0. The number of carbonyl (C=O) groups excluding carboxylic acids is 1. The third kappa shape index (κ3) is 5.43. The highest BCUT2D eigenvalue weighted by molar-refractivity contribution is 5.67. The van der Waals surface area contributed by atoms with E-state index in [4.69, 9.17) is 9.47 Å². The Morgan fingerprint density at radius 1 is 1.27 bits per heavy atom. The minimum Gasteiger partial charge on any atom is -0.445 e. The number of likely N-dealkylation sites (tertiary alicyclic amines) is 1. The van der Waals surface area contributed by atoms with E-state index in [1.165, 1.54) is 6.42 Å². The van der Waals surface area contributed by atoms with E-state index < -0.39 is 0 Å². The van der Waals surface area contributed by atoms with Crippen LogP contribution in [0, 0.1) is 0 Å². The highest BCUT2D eigenvalue weighted by Crippen LogP contribution is 2.13. The molecule has 2 saturated heterocycles. The second-order valence-electron chi connectivity index (χ2n) is 7.46. The molecule has 1 aromatic rings. The third-order valence-electron chi connectivity index (χ3n) is 5.19. The van der Waals surface area contributed by atoms with Crippen LogP contribution >= 0.6 is 0 Å². The van der Waals surface area contributed by atoms with Gasteiger partial charge >= 0.3 is 6.09 Å². The Kier molecular flexibility index (Phi) is 6.88. The molecule has 2 atom stereocenters. The summed E-state index contributed by atoms with van der Waals surface area (Å²) in [7, 11) is 0. The fourth-order valence-corrected chi connectivity index (χ4v) is 3.54. The standard InChI is InChI=1S/C20H31N3O3/c1-16(2)22-9-8-18(13-22)21-12-19-14-23(10-11-25-19)20(24)26-15-17-6-4-3-5-7-17/h3-7,16,18-19,21H,8-15H2,1-2H3. The topological polar surface area (TPSA) is 54.0 Å². The summed E-state index contributed by atoms with van der Waals surface area (Å²) in [5.41, 5.74) is 1.00. The molecule has 26 heavy (non-hydrogen) atoms. The van der Waals surface area contributed by atoms with Crippen molar-refractivity contribution in [1.82, 2.24) is 15.1 Å².